The maximum atomic E-state index is 12.2. The van der Waals surface area contributed by atoms with Gasteiger partial charge in [-0.05, 0) is 37.4 Å². The van der Waals surface area contributed by atoms with Crippen molar-refractivity contribution in [1.82, 2.24) is 4.90 Å². The van der Waals surface area contributed by atoms with Gasteiger partial charge in [-0.15, -0.1) is 0 Å². The number of carboxylic acid groups (broad SMARTS) is 1. The summed E-state index contributed by atoms with van der Waals surface area (Å²) in [5, 5.41) is 12.1. The van der Waals surface area contributed by atoms with E-state index in [1.54, 1.807) is 4.90 Å². The first-order valence-electron chi connectivity index (χ1n) is 7.46. The molecule has 2 N–H and O–H groups in total. The van der Waals surface area contributed by atoms with Crippen molar-refractivity contribution in [2.45, 2.75) is 38.6 Å². The van der Waals surface area contributed by atoms with Gasteiger partial charge in [-0.1, -0.05) is 31.5 Å². The highest BCUT2D eigenvalue weighted by Gasteiger charge is 2.29. The van der Waals surface area contributed by atoms with Crippen LogP contribution in [0.3, 0.4) is 0 Å². The molecule has 0 bridgehead atoms. The van der Waals surface area contributed by atoms with Gasteiger partial charge in [0.1, 0.15) is 6.04 Å². The molecule has 5 nitrogen and oxygen atoms in total. The first-order valence-corrected chi connectivity index (χ1v) is 7.46. The van der Waals surface area contributed by atoms with Crippen molar-refractivity contribution < 1.29 is 14.7 Å². The number of hydrogen-bond acceptors (Lipinski definition) is 3. The van der Waals surface area contributed by atoms with E-state index in [4.69, 9.17) is 0 Å². The van der Waals surface area contributed by atoms with E-state index >= 15 is 0 Å². The number of likely N-dealkylation sites (tertiary alicyclic amines) is 1. The van der Waals surface area contributed by atoms with Gasteiger partial charge in [0.15, 0.2) is 0 Å². The minimum atomic E-state index is -0.837. The molecular formula is C16H22N2O3. The number of hydrogen-bond donors (Lipinski definition) is 2. The summed E-state index contributed by atoms with van der Waals surface area (Å²) in [4.78, 5) is 25.2. The zero-order valence-corrected chi connectivity index (χ0v) is 12.3. The minimum absolute atomic E-state index is 0.134. The number of carbonyl (C=O) groups is 2. The van der Waals surface area contributed by atoms with Gasteiger partial charge in [-0.2, -0.15) is 0 Å². The van der Waals surface area contributed by atoms with Crippen LogP contribution in [-0.2, 0) is 16.0 Å². The Bertz CT molecular complexity index is 516. The summed E-state index contributed by atoms with van der Waals surface area (Å²) in [7, 11) is 0. The molecule has 0 aromatic heterocycles. The van der Waals surface area contributed by atoms with E-state index in [0.29, 0.717) is 13.0 Å². The lowest BCUT2D eigenvalue weighted by Crippen LogP contribution is -2.47. The van der Waals surface area contributed by atoms with E-state index in [1.165, 1.54) is 0 Å². The first-order chi connectivity index (χ1) is 10.1. The van der Waals surface area contributed by atoms with Crippen molar-refractivity contribution in [3.8, 4) is 0 Å². The quantitative estimate of drug-likeness (QED) is 0.871. The van der Waals surface area contributed by atoms with Gasteiger partial charge in [-0.3, -0.25) is 14.5 Å². The number of nitrogens with one attached hydrogen (secondary N) is 1. The fourth-order valence-electron chi connectivity index (χ4n) is 2.78. The second-order valence-corrected chi connectivity index (χ2v) is 5.38. The Balaban J connectivity index is 1.99. The number of rotatable bonds is 5. The van der Waals surface area contributed by atoms with Crippen molar-refractivity contribution in [2.75, 3.05) is 18.4 Å². The van der Waals surface area contributed by atoms with Crippen molar-refractivity contribution in [2.24, 2.45) is 0 Å². The number of aryl methyl sites for hydroxylation is 1. The van der Waals surface area contributed by atoms with Crippen LogP contribution in [0.4, 0.5) is 5.69 Å². The second-order valence-electron chi connectivity index (χ2n) is 5.38. The average molecular weight is 290 g/mol. The first kappa shape index (κ1) is 15.5. The molecule has 0 radical (unpaired) electrons. The molecule has 21 heavy (non-hydrogen) atoms. The average Bonchev–Trinajstić information content (AvgIpc) is 2.48. The third-order valence-electron chi connectivity index (χ3n) is 3.92. The Morgan fingerprint density at radius 3 is 2.81 bits per heavy atom. The minimum Gasteiger partial charge on any atom is -0.480 e. The molecular weight excluding hydrogens is 268 g/mol. The molecule has 1 aromatic rings. The number of piperidine rings is 1. The Morgan fingerprint density at radius 2 is 2.10 bits per heavy atom. The number of amides is 1. The number of nitrogens with zero attached hydrogens (tertiary/aromatic N) is 1. The van der Waals surface area contributed by atoms with Crippen LogP contribution in [0.15, 0.2) is 24.3 Å². The molecule has 1 atom stereocenters. The topological polar surface area (TPSA) is 69.6 Å². The Labute approximate surface area is 125 Å². The maximum absolute atomic E-state index is 12.2. The van der Waals surface area contributed by atoms with E-state index in [1.807, 2.05) is 31.2 Å². The van der Waals surface area contributed by atoms with Gasteiger partial charge in [0.2, 0.25) is 5.91 Å². The van der Waals surface area contributed by atoms with E-state index in [-0.39, 0.29) is 12.5 Å². The van der Waals surface area contributed by atoms with Crippen LogP contribution >= 0.6 is 0 Å². The van der Waals surface area contributed by atoms with Gasteiger partial charge < -0.3 is 10.4 Å². The molecule has 1 saturated heterocycles. The number of benzene rings is 1. The lowest BCUT2D eigenvalue weighted by molar-refractivity contribution is -0.145. The molecule has 5 heteroatoms. The normalized spacial score (nSPS) is 19.2. The predicted molar refractivity (Wildman–Crippen MR) is 81.3 cm³/mol. The summed E-state index contributed by atoms with van der Waals surface area (Å²) < 4.78 is 0. The lowest BCUT2D eigenvalue weighted by Gasteiger charge is -2.32. The molecule has 1 heterocycles. The van der Waals surface area contributed by atoms with Crippen molar-refractivity contribution in [1.29, 1.82) is 0 Å². The van der Waals surface area contributed by atoms with E-state index in [9.17, 15) is 14.7 Å². The third kappa shape index (κ3) is 4.04. The fraction of sp³-hybridized carbons (Fsp3) is 0.500. The smallest absolute Gasteiger partial charge is 0.320 e. The van der Waals surface area contributed by atoms with Crippen LogP contribution in [0, 0.1) is 0 Å². The second kappa shape index (κ2) is 7.22. The van der Waals surface area contributed by atoms with Crippen LogP contribution in [0.5, 0.6) is 0 Å². The zero-order valence-electron chi connectivity index (χ0n) is 12.3. The van der Waals surface area contributed by atoms with Crippen LogP contribution in [0.25, 0.3) is 0 Å². The molecule has 114 valence electrons. The highest BCUT2D eigenvalue weighted by atomic mass is 16.4. The molecule has 0 spiro atoms. The van der Waals surface area contributed by atoms with Gasteiger partial charge >= 0.3 is 5.97 Å². The fourth-order valence-corrected chi connectivity index (χ4v) is 2.78. The number of aliphatic carboxylic acids is 1. The molecule has 0 aliphatic carbocycles. The summed E-state index contributed by atoms with van der Waals surface area (Å²) in [5.41, 5.74) is 1.90. The van der Waals surface area contributed by atoms with E-state index in [0.717, 1.165) is 30.5 Å². The highest BCUT2D eigenvalue weighted by Crippen LogP contribution is 2.18. The monoisotopic (exact) mass is 290 g/mol. The SMILES string of the molecule is CCc1ccccc1NC(=O)CN1CCCC[C@@H]1C(=O)O. The Hall–Kier alpha value is -1.88. The van der Waals surface area contributed by atoms with Gasteiger partial charge in [0.25, 0.3) is 0 Å². The summed E-state index contributed by atoms with van der Waals surface area (Å²) in [6.45, 7) is 2.84. The van der Waals surface area contributed by atoms with Crippen LogP contribution < -0.4 is 5.32 Å². The van der Waals surface area contributed by atoms with Gasteiger partial charge in [-0.25, -0.2) is 0 Å². The van der Waals surface area contributed by atoms with Crippen molar-refractivity contribution in [3.05, 3.63) is 29.8 Å². The zero-order chi connectivity index (χ0) is 15.2. The number of carbonyl (C=O) groups excluding carboxylic acids is 1. The van der Waals surface area contributed by atoms with E-state index < -0.39 is 12.0 Å². The standard InChI is InChI=1S/C16H22N2O3/c1-2-12-7-3-4-8-13(12)17-15(19)11-18-10-6-5-9-14(18)16(20)21/h3-4,7-8,14H,2,5-6,9-11H2,1H3,(H,17,19)(H,20,21)/t14-/m1/s1. The number of para-hydroxylation sites is 1. The largest absolute Gasteiger partial charge is 0.480 e. The van der Waals surface area contributed by atoms with Gasteiger partial charge in [0, 0.05) is 5.69 Å². The summed E-state index contributed by atoms with van der Waals surface area (Å²) in [6.07, 6.45) is 3.32. The lowest BCUT2D eigenvalue weighted by atomic mass is 10.0. The summed E-state index contributed by atoms with van der Waals surface area (Å²) in [5.74, 6) is -0.986. The van der Waals surface area contributed by atoms with Crippen LogP contribution in [0.2, 0.25) is 0 Å². The molecule has 0 unspecified atom stereocenters. The third-order valence-corrected chi connectivity index (χ3v) is 3.92. The maximum Gasteiger partial charge on any atom is 0.320 e. The highest BCUT2D eigenvalue weighted by molar-refractivity contribution is 5.93. The molecule has 1 aromatic carbocycles. The van der Waals surface area contributed by atoms with Crippen molar-refractivity contribution >= 4 is 17.6 Å². The summed E-state index contributed by atoms with van der Waals surface area (Å²) >= 11 is 0. The van der Waals surface area contributed by atoms with Crippen LogP contribution in [-0.4, -0.2) is 41.0 Å². The Morgan fingerprint density at radius 1 is 1.33 bits per heavy atom. The molecule has 1 fully saturated rings. The van der Waals surface area contributed by atoms with E-state index in [2.05, 4.69) is 5.32 Å². The van der Waals surface area contributed by atoms with Crippen LogP contribution in [0.1, 0.15) is 31.7 Å². The summed E-state index contributed by atoms with van der Waals surface area (Å²) in [6, 6.07) is 7.15. The van der Waals surface area contributed by atoms with Gasteiger partial charge in [0.05, 0.1) is 6.54 Å². The van der Waals surface area contributed by atoms with Crippen molar-refractivity contribution in [3.63, 3.8) is 0 Å². The predicted octanol–water partition coefficient (Wildman–Crippen LogP) is 2.13. The molecule has 1 amide bonds. The molecule has 0 saturated carbocycles. The molecule has 2 rings (SSSR count). The Kier molecular flexibility index (Phi) is 5.33. The number of carboxylic acids is 1. The molecule has 1 aliphatic heterocycles. The molecule has 1 aliphatic rings. The number of anilines is 1.